The summed E-state index contributed by atoms with van der Waals surface area (Å²) in [5.41, 5.74) is 1.82. The highest BCUT2D eigenvalue weighted by atomic mass is 35.5. The lowest BCUT2D eigenvalue weighted by molar-refractivity contribution is 0.472. The monoisotopic (exact) mass is 276 g/mol. The topological polar surface area (TPSA) is 40.5 Å². The molecule has 0 saturated carbocycles. The Balaban J connectivity index is 2.53. The number of phenols is 2. The third kappa shape index (κ3) is 2.54. The maximum absolute atomic E-state index is 9.41. The highest BCUT2D eigenvalue weighted by Crippen LogP contribution is 2.38. The summed E-state index contributed by atoms with van der Waals surface area (Å²) in [7, 11) is 0. The average Bonchev–Trinajstić information content (AvgIpc) is 2.44. The van der Waals surface area contributed by atoms with Gasteiger partial charge in [-0.2, -0.15) is 0 Å². The first-order valence-electron chi connectivity index (χ1n) is 6.27. The quantitative estimate of drug-likeness (QED) is 0.828. The van der Waals surface area contributed by atoms with Crippen molar-refractivity contribution in [3.8, 4) is 11.5 Å². The molecule has 3 heteroatoms. The molecule has 19 heavy (non-hydrogen) atoms. The fourth-order valence-corrected chi connectivity index (χ4v) is 2.88. The number of rotatable bonds is 4. The summed E-state index contributed by atoms with van der Waals surface area (Å²) >= 11 is 6.25. The van der Waals surface area contributed by atoms with E-state index in [1.54, 1.807) is 24.3 Å². The molecule has 0 amide bonds. The maximum atomic E-state index is 9.41. The molecule has 2 aromatic rings. The summed E-state index contributed by atoms with van der Waals surface area (Å²) in [4.78, 5) is 0. The zero-order valence-corrected chi connectivity index (χ0v) is 11.6. The van der Waals surface area contributed by atoms with Crippen LogP contribution in [0.2, 0.25) is 0 Å². The van der Waals surface area contributed by atoms with E-state index in [1.807, 2.05) is 24.3 Å². The molecule has 2 nitrogen and oxygen atoms in total. The summed E-state index contributed by atoms with van der Waals surface area (Å²) in [5.74, 6) is 0.932. The number of hydrogen-bond donors (Lipinski definition) is 2. The van der Waals surface area contributed by atoms with Crippen molar-refractivity contribution in [1.29, 1.82) is 0 Å². The summed E-state index contributed by atoms with van der Waals surface area (Å²) in [6, 6.07) is 14.3. The van der Waals surface area contributed by atoms with Crippen molar-refractivity contribution < 1.29 is 10.2 Å². The van der Waals surface area contributed by atoms with E-state index in [-0.39, 0.29) is 16.9 Å². The van der Waals surface area contributed by atoms with Crippen LogP contribution in [0.25, 0.3) is 0 Å². The van der Waals surface area contributed by atoms with Crippen molar-refractivity contribution in [2.45, 2.75) is 18.8 Å². The predicted octanol–water partition coefficient (Wildman–Crippen LogP) is 4.03. The van der Waals surface area contributed by atoms with Gasteiger partial charge in [-0.3, -0.25) is 0 Å². The highest BCUT2D eigenvalue weighted by Gasteiger charge is 2.31. The van der Waals surface area contributed by atoms with Gasteiger partial charge in [0.25, 0.3) is 0 Å². The summed E-state index contributed by atoms with van der Waals surface area (Å²) in [5, 5.41) is 18.8. The fourth-order valence-electron chi connectivity index (χ4n) is 2.38. The van der Waals surface area contributed by atoms with Gasteiger partial charge in [-0.15, -0.1) is 11.6 Å². The lowest BCUT2D eigenvalue weighted by atomic mass is 9.74. The standard InChI is InChI=1S/C16H17ClO2/c1-2-16(11-17,12-3-7-14(18)8-4-12)13-5-9-15(19)10-6-13/h3-10,18-19H,2,11H2,1H3. The van der Waals surface area contributed by atoms with Crippen LogP contribution in [0.1, 0.15) is 24.5 Å². The molecule has 0 aliphatic heterocycles. The Bertz CT molecular complexity index is 480. The zero-order chi connectivity index (χ0) is 13.9. The minimum absolute atomic E-state index is 0.244. The van der Waals surface area contributed by atoms with Crippen molar-refractivity contribution in [1.82, 2.24) is 0 Å². The van der Waals surface area contributed by atoms with Gasteiger partial charge in [-0.25, -0.2) is 0 Å². The molecule has 0 unspecified atom stereocenters. The Hall–Kier alpha value is -1.67. The first-order valence-corrected chi connectivity index (χ1v) is 6.81. The van der Waals surface area contributed by atoms with Gasteiger partial charge in [-0.1, -0.05) is 31.2 Å². The van der Waals surface area contributed by atoms with E-state index in [1.165, 1.54) is 0 Å². The molecular formula is C16H17ClO2. The fraction of sp³-hybridized carbons (Fsp3) is 0.250. The minimum Gasteiger partial charge on any atom is -0.508 e. The highest BCUT2D eigenvalue weighted by molar-refractivity contribution is 6.19. The van der Waals surface area contributed by atoms with Crippen molar-refractivity contribution >= 4 is 11.6 Å². The first kappa shape index (κ1) is 13.8. The maximum Gasteiger partial charge on any atom is 0.115 e. The van der Waals surface area contributed by atoms with Gasteiger partial charge >= 0.3 is 0 Å². The van der Waals surface area contributed by atoms with Gasteiger partial charge in [0.1, 0.15) is 11.5 Å². The lowest BCUT2D eigenvalue weighted by Gasteiger charge is -2.32. The Morgan fingerprint density at radius 2 is 1.21 bits per heavy atom. The van der Waals surface area contributed by atoms with Crippen LogP contribution in [0.3, 0.4) is 0 Å². The Kier molecular flexibility index (Phi) is 4.01. The molecule has 2 rings (SSSR count). The van der Waals surface area contributed by atoms with Crippen LogP contribution < -0.4 is 0 Å². The lowest BCUT2D eigenvalue weighted by Crippen LogP contribution is -2.28. The number of hydrogen-bond acceptors (Lipinski definition) is 2. The molecule has 0 bridgehead atoms. The van der Waals surface area contributed by atoms with Crippen LogP contribution >= 0.6 is 11.6 Å². The number of alkyl halides is 1. The van der Waals surface area contributed by atoms with Gasteiger partial charge < -0.3 is 10.2 Å². The van der Waals surface area contributed by atoms with Gasteiger partial charge in [0.2, 0.25) is 0 Å². The smallest absolute Gasteiger partial charge is 0.115 e. The van der Waals surface area contributed by atoms with Crippen molar-refractivity contribution in [2.24, 2.45) is 0 Å². The summed E-state index contributed by atoms with van der Waals surface area (Å²) in [6.07, 6.45) is 0.839. The van der Waals surface area contributed by atoms with Crippen LogP contribution in [0.4, 0.5) is 0 Å². The summed E-state index contributed by atoms with van der Waals surface area (Å²) in [6.45, 7) is 2.09. The van der Waals surface area contributed by atoms with Gasteiger partial charge in [0, 0.05) is 11.3 Å². The predicted molar refractivity (Wildman–Crippen MR) is 78.0 cm³/mol. The average molecular weight is 277 g/mol. The van der Waals surface area contributed by atoms with E-state index < -0.39 is 0 Å². The molecule has 2 N–H and O–H groups in total. The van der Waals surface area contributed by atoms with E-state index in [0.29, 0.717) is 5.88 Å². The van der Waals surface area contributed by atoms with Crippen LogP contribution in [0.15, 0.2) is 48.5 Å². The third-order valence-electron chi connectivity index (χ3n) is 3.67. The van der Waals surface area contributed by atoms with Crippen LogP contribution in [-0.4, -0.2) is 16.1 Å². The third-order valence-corrected chi connectivity index (χ3v) is 4.13. The SMILES string of the molecule is CCC(CCl)(c1ccc(O)cc1)c1ccc(O)cc1. The number of benzene rings is 2. The second kappa shape index (κ2) is 5.54. The molecule has 0 fully saturated rings. The molecule has 0 radical (unpaired) electrons. The van der Waals surface area contributed by atoms with Crippen LogP contribution in [-0.2, 0) is 5.41 Å². The number of aromatic hydroxyl groups is 2. The van der Waals surface area contributed by atoms with E-state index in [4.69, 9.17) is 11.6 Å². The van der Waals surface area contributed by atoms with Crippen molar-refractivity contribution in [2.75, 3.05) is 5.88 Å². The molecule has 0 atom stereocenters. The first-order chi connectivity index (χ1) is 9.12. The largest absolute Gasteiger partial charge is 0.508 e. The van der Waals surface area contributed by atoms with Crippen molar-refractivity contribution in [3.63, 3.8) is 0 Å². The molecule has 2 aromatic carbocycles. The number of halogens is 1. The molecule has 100 valence electrons. The molecule has 0 spiro atoms. The Morgan fingerprint density at radius 1 is 0.842 bits per heavy atom. The van der Waals surface area contributed by atoms with Gasteiger partial charge in [0.05, 0.1) is 0 Å². The number of phenolic OH excluding ortho intramolecular Hbond substituents is 2. The van der Waals surface area contributed by atoms with E-state index in [2.05, 4.69) is 6.92 Å². The molecule has 0 aromatic heterocycles. The van der Waals surface area contributed by atoms with E-state index >= 15 is 0 Å². The normalized spacial score (nSPS) is 11.5. The zero-order valence-electron chi connectivity index (χ0n) is 10.8. The minimum atomic E-state index is -0.303. The van der Waals surface area contributed by atoms with Gasteiger partial charge in [0.15, 0.2) is 0 Å². The molecule has 0 heterocycles. The molecular weight excluding hydrogens is 260 g/mol. The molecule has 0 aliphatic carbocycles. The Morgan fingerprint density at radius 3 is 1.47 bits per heavy atom. The summed E-state index contributed by atoms with van der Waals surface area (Å²) < 4.78 is 0. The van der Waals surface area contributed by atoms with Crippen LogP contribution in [0.5, 0.6) is 11.5 Å². The second-order valence-electron chi connectivity index (χ2n) is 4.66. The molecule has 0 saturated heterocycles. The van der Waals surface area contributed by atoms with E-state index in [0.717, 1.165) is 17.5 Å². The van der Waals surface area contributed by atoms with Crippen molar-refractivity contribution in [3.05, 3.63) is 59.7 Å². The molecule has 0 aliphatic rings. The van der Waals surface area contributed by atoms with Gasteiger partial charge in [-0.05, 0) is 41.8 Å². The van der Waals surface area contributed by atoms with E-state index in [9.17, 15) is 10.2 Å². The van der Waals surface area contributed by atoms with Crippen LogP contribution in [0, 0.1) is 0 Å². The second-order valence-corrected chi connectivity index (χ2v) is 4.93. The Labute approximate surface area is 118 Å².